The lowest BCUT2D eigenvalue weighted by molar-refractivity contribution is 0.801. The second-order valence-corrected chi connectivity index (χ2v) is 5.21. The number of hydrogen-bond donors (Lipinski definition) is 0. The van der Waals surface area contributed by atoms with Crippen LogP contribution in [0.5, 0.6) is 0 Å². The fraction of sp³-hybridized carbons (Fsp3) is 0.0667. The molecule has 2 aromatic carbocycles. The van der Waals surface area contributed by atoms with Crippen LogP contribution in [0.2, 0.25) is 10.0 Å². The van der Waals surface area contributed by atoms with Crippen molar-refractivity contribution in [1.29, 1.82) is 0 Å². The third-order valence-electron chi connectivity index (χ3n) is 3.15. The van der Waals surface area contributed by atoms with E-state index in [1.807, 2.05) is 25.1 Å². The number of nitrogens with zero attached hydrogens (tertiary/aromatic N) is 2. The van der Waals surface area contributed by atoms with E-state index in [-0.39, 0.29) is 5.56 Å². The second-order valence-electron chi connectivity index (χ2n) is 4.42. The van der Waals surface area contributed by atoms with Crippen molar-refractivity contribution in [2.24, 2.45) is 0 Å². The fourth-order valence-electron chi connectivity index (χ4n) is 2.17. The van der Waals surface area contributed by atoms with Gasteiger partial charge in [0.15, 0.2) is 0 Å². The van der Waals surface area contributed by atoms with Crippen LogP contribution < -0.4 is 5.56 Å². The summed E-state index contributed by atoms with van der Waals surface area (Å²) in [4.78, 5) is 12.5. The van der Waals surface area contributed by atoms with E-state index < -0.39 is 0 Å². The third kappa shape index (κ3) is 1.99. The molecule has 3 nitrogen and oxygen atoms in total. The number of aryl methyl sites for hydroxylation is 1. The maximum absolute atomic E-state index is 12.5. The first-order chi connectivity index (χ1) is 9.59. The number of halogens is 2. The Morgan fingerprint density at radius 1 is 1.00 bits per heavy atom. The van der Waals surface area contributed by atoms with Gasteiger partial charge < -0.3 is 0 Å². The topological polar surface area (TPSA) is 34.9 Å². The van der Waals surface area contributed by atoms with Gasteiger partial charge in [-0.05, 0) is 25.1 Å². The SMILES string of the molecule is Cc1nn(-c2cccc(Cl)c2Cl)c(=O)c2ccccc12. The van der Waals surface area contributed by atoms with E-state index in [0.29, 0.717) is 21.1 Å². The van der Waals surface area contributed by atoms with Crippen molar-refractivity contribution in [3.63, 3.8) is 0 Å². The van der Waals surface area contributed by atoms with Crippen LogP contribution in [0.15, 0.2) is 47.3 Å². The van der Waals surface area contributed by atoms with Gasteiger partial charge in [-0.1, -0.05) is 47.5 Å². The molecule has 3 rings (SSSR count). The highest BCUT2D eigenvalue weighted by molar-refractivity contribution is 6.43. The van der Waals surface area contributed by atoms with Gasteiger partial charge in [-0.15, -0.1) is 0 Å². The molecule has 3 aromatic rings. The van der Waals surface area contributed by atoms with E-state index in [2.05, 4.69) is 5.10 Å². The maximum atomic E-state index is 12.5. The quantitative estimate of drug-likeness (QED) is 0.681. The van der Waals surface area contributed by atoms with Gasteiger partial charge in [-0.2, -0.15) is 9.78 Å². The van der Waals surface area contributed by atoms with Crippen molar-refractivity contribution >= 4 is 34.0 Å². The van der Waals surface area contributed by atoms with Crippen LogP contribution in [0.1, 0.15) is 5.69 Å². The van der Waals surface area contributed by atoms with Crippen molar-refractivity contribution in [2.45, 2.75) is 6.92 Å². The molecule has 0 aliphatic heterocycles. The molecule has 0 fully saturated rings. The largest absolute Gasteiger partial charge is 0.279 e. The predicted octanol–water partition coefficient (Wildman–Crippen LogP) is 4.00. The lowest BCUT2D eigenvalue weighted by Gasteiger charge is -2.10. The molecule has 0 atom stereocenters. The minimum Gasteiger partial charge on any atom is -0.267 e. The third-order valence-corrected chi connectivity index (χ3v) is 3.96. The first-order valence-electron chi connectivity index (χ1n) is 6.02. The lowest BCUT2D eigenvalue weighted by Crippen LogP contribution is -2.22. The maximum Gasteiger partial charge on any atom is 0.279 e. The molecule has 0 aliphatic rings. The van der Waals surface area contributed by atoms with Gasteiger partial charge in [0.2, 0.25) is 0 Å². The average Bonchev–Trinajstić information content (AvgIpc) is 2.46. The van der Waals surface area contributed by atoms with Crippen molar-refractivity contribution in [2.75, 3.05) is 0 Å². The summed E-state index contributed by atoms with van der Waals surface area (Å²) in [6.07, 6.45) is 0. The van der Waals surface area contributed by atoms with Crippen LogP contribution in [0.25, 0.3) is 16.5 Å². The summed E-state index contributed by atoms with van der Waals surface area (Å²) in [5.74, 6) is 0. The van der Waals surface area contributed by atoms with Crippen molar-refractivity contribution in [1.82, 2.24) is 9.78 Å². The van der Waals surface area contributed by atoms with Gasteiger partial charge in [-0.3, -0.25) is 4.79 Å². The average molecular weight is 305 g/mol. The number of rotatable bonds is 1. The lowest BCUT2D eigenvalue weighted by atomic mass is 10.1. The van der Waals surface area contributed by atoms with Gasteiger partial charge in [-0.25, -0.2) is 0 Å². The monoisotopic (exact) mass is 304 g/mol. The van der Waals surface area contributed by atoms with E-state index in [1.165, 1.54) is 4.68 Å². The Labute approximate surface area is 125 Å². The molecule has 0 saturated heterocycles. The number of aromatic nitrogens is 2. The Hall–Kier alpha value is -1.84. The highest BCUT2D eigenvalue weighted by Crippen LogP contribution is 2.27. The molecule has 0 unspecified atom stereocenters. The second kappa shape index (κ2) is 4.93. The Bertz CT molecular complexity index is 871. The van der Waals surface area contributed by atoms with E-state index >= 15 is 0 Å². The van der Waals surface area contributed by atoms with Gasteiger partial charge in [0, 0.05) is 5.39 Å². The molecule has 0 spiro atoms. The molecule has 5 heteroatoms. The molecule has 100 valence electrons. The fourth-order valence-corrected chi connectivity index (χ4v) is 2.54. The van der Waals surface area contributed by atoms with Crippen molar-refractivity contribution in [3.8, 4) is 5.69 Å². The van der Waals surface area contributed by atoms with Crippen LogP contribution in [0, 0.1) is 6.92 Å². The Kier molecular flexibility index (Phi) is 3.24. The predicted molar refractivity (Wildman–Crippen MR) is 82.1 cm³/mol. The Balaban J connectivity index is 2.41. The molecule has 0 N–H and O–H groups in total. The summed E-state index contributed by atoms with van der Waals surface area (Å²) in [5.41, 5.74) is 1.03. The molecule has 0 aliphatic carbocycles. The van der Waals surface area contributed by atoms with Crippen LogP contribution >= 0.6 is 23.2 Å². The minimum absolute atomic E-state index is 0.213. The number of hydrogen-bond acceptors (Lipinski definition) is 2. The normalized spacial score (nSPS) is 10.9. The zero-order valence-corrected chi connectivity index (χ0v) is 12.1. The number of fused-ring (bicyclic) bond motifs is 1. The molecular formula is C15H10Cl2N2O. The van der Waals surface area contributed by atoms with Gasteiger partial charge in [0.1, 0.15) is 0 Å². The zero-order valence-electron chi connectivity index (χ0n) is 10.6. The van der Waals surface area contributed by atoms with Gasteiger partial charge >= 0.3 is 0 Å². The summed E-state index contributed by atoms with van der Waals surface area (Å²) < 4.78 is 1.30. The van der Waals surface area contributed by atoms with Crippen LogP contribution in [0.3, 0.4) is 0 Å². The van der Waals surface area contributed by atoms with Crippen LogP contribution in [-0.4, -0.2) is 9.78 Å². The van der Waals surface area contributed by atoms with Crippen LogP contribution in [-0.2, 0) is 0 Å². The van der Waals surface area contributed by atoms with E-state index in [1.54, 1.807) is 24.3 Å². The van der Waals surface area contributed by atoms with Crippen molar-refractivity contribution < 1.29 is 0 Å². The molecule has 0 radical (unpaired) electrons. The standard InChI is InChI=1S/C15H10Cl2N2O/c1-9-10-5-2-3-6-11(10)15(20)19(18-9)13-8-4-7-12(16)14(13)17/h2-8H,1H3. The molecule has 0 saturated carbocycles. The number of benzene rings is 2. The van der Waals surface area contributed by atoms with Crippen molar-refractivity contribution in [3.05, 3.63) is 68.6 Å². The zero-order chi connectivity index (χ0) is 14.3. The summed E-state index contributed by atoms with van der Waals surface area (Å²) in [6, 6.07) is 12.5. The Morgan fingerprint density at radius 2 is 1.70 bits per heavy atom. The smallest absolute Gasteiger partial charge is 0.267 e. The van der Waals surface area contributed by atoms with E-state index in [9.17, 15) is 4.79 Å². The highest BCUT2D eigenvalue weighted by atomic mass is 35.5. The first-order valence-corrected chi connectivity index (χ1v) is 6.78. The molecule has 1 heterocycles. The summed E-state index contributed by atoms with van der Waals surface area (Å²) in [5, 5.41) is 6.49. The summed E-state index contributed by atoms with van der Waals surface area (Å²) in [6.45, 7) is 1.86. The molecule has 0 amide bonds. The summed E-state index contributed by atoms with van der Waals surface area (Å²) >= 11 is 12.2. The molecule has 0 bridgehead atoms. The summed E-state index contributed by atoms with van der Waals surface area (Å²) in [7, 11) is 0. The molecule has 20 heavy (non-hydrogen) atoms. The van der Waals surface area contributed by atoms with Crippen LogP contribution in [0.4, 0.5) is 0 Å². The molecule has 1 aromatic heterocycles. The van der Waals surface area contributed by atoms with E-state index in [4.69, 9.17) is 23.2 Å². The molecular weight excluding hydrogens is 295 g/mol. The Morgan fingerprint density at radius 3 is 2.45 bits per heavy atom. The van der Waals surface area contributed by atoms with Gasteiger partial charge in [0.25, 0.3) is 5.56 Å². The van der Waals surface area contributed by atoms with Gasteiger partial charge in [0.05, 0.1) is 26.8 Å². The minimum atomic E-state index is -0.213. The highest BCUT2D eigenvalue weighted by Gasteiger charge is 2.12. The van der Waals surface area contributed by atoms with E-state index in [0.717, 1.165) is 11.1 Å². The first kappa shape index (κ1) is 13.2.